The minimum atomic E-state index is 0.349. The van der Waals surface area contributed by atoms with E-state index >= 15 is 0 Å². The van der Waals surface area contributed by atoms with Crippen molar-refractivity contribution in [1.29, 1.82) is 0 Å². The zero-order valence-corrected chi connectivity index (χ0v) is 12.7. The molecule has 98 valence electrons. The van der Waals surface area contributed by atoms with Crippen molar-refractivity contribution >= 4 is 11.8 Å². The number of thioether (sulfide) groups is 1. The summed E-state index contributed by atoms with van der Waals surface area (Å²) in [6, 6.07) is 0. The normalized spacial score (nSPS) is 38.3. The Balaban J connectivity index is 2.25. The lowest BCUT2D eigenvalue weighted by molar-refractivity contribution is 0.0414. The van der Waals surface area contributed by atoms with Gasteiger partial charge in [-0.25, -0.2) is 0 Å². The first kappa shape index (κ1) is 13.5. The van der Waals surface area contributed by atoms with Gasteiger partial charge in [0.2, 0.25) is 0 Å². The molecule has 0 N–H and O–H groups in total. The van der Waals surface area contributed by atoms with Gasteiger partial charge in [0.05, 0.1) is 6.10 Å². The Morgan fingerprint density at radius 3 is 2.59 bits per heavy atom. The van der Waals surface area contributed by atoms with Crippen LogP contribution in [0.3, 0.4) is 0 Å². The third-order valence-corrected chi connectivity index (χ3v) is 5.44. The van der Waals surface area contributed by atoms with Crippen molar-refractivity contribution in [1.82, 2.24) is 0 Å². The van der Waals surface area contributed by atoms with Gasteiger partial charge in [-0.3, -0.25) is 0 Å². The lowest BCUT2D eigenvalue weighted by Gasteiger charge is -2.42. The predicted octanol–water partition coefficient (Wildman–Crippen LogP) is 4.77. The van der Waals surface area contributed by atoms with E-state index in [1.54, 1.807) is 11.1 Å². The van der Waals surface area contributed by atoms with Crippen LogP contribution in [0.4, 0.5) is 0 Å². The summed E-state index contributed by atoms with van der Waals surface area (Å²) < 4.78 is 5.85. The molecular formula is C15H26OS. The fourth-order valence-corrected chi connectivity index (χ4v) is 5.30. The molecule has 0 aromatic heterocycles. The minimum absolute atomic E-state index is 0.349. The van der Waals surface area contributed by atoms with Gasteiger partial charge in [0, 0.05) is 5.25 Å². The molecule has 1 fully saturated rings. The summed E-state index contributed by atoms with van der Waals surface area (Å²) in [4.78, 5) is 0. The monoisotopic (exact) mass is 254 g/mol. The molecule has 0 aromatic rings. The van der Waals surface area contributed by atoms with Crippen LogP contribution < -0.4 is 0 Å². The van der Waals surface area contributed by atoms with Crippen molar-refractivity contribution in [3.05, 3.63) is 11.1 Å². The van der Waals surface area contributed by atoms with Gasteiger partial charge in [0.15, 0.2) is 0 Å². The van der Waals surface area contributed by atoms with E-state index in [0.29, 0.717) is 22.2 Å². The maximum atomic E-state index is 5.85. The molecule has 3 atom stereocenters. The molecule has 0 radical (unpaired) electrons. The van der Waals surface area contributed by atoms with Crippen LogP contribution in [0.2, 0.25) is 0 Å². The van der Waals surface area contributed by atoms with E-state index in [0.717, 1.165) is 0 Å². The van der Waals surface area contributed by atoms with Gasteiger partial charge in [-0.2, -0.15) is 0 Å². The van der Waals surface area contributed by atoms with Crippen molar-refractivity contribution in [3.8, 4) is 0 Å². The molecule has 0 bridgehead atoms. The smallest absolute Gasteiger partial charge is 0.101 e. The zero-order chi connectivity index (χ0) is 12.6. The first-order chi connectivity index (χ1) is 7.90. The van der Waals surface area contributed by atoms with Gasteiger partial charge >= 0.3 is 0 Å². The van der Waals surface area contributed by atoms with Crippen LogP contribution in [-0.4, -0.2) is 16.8 Å². The number of allylic oxidation sites excluding steroid dienone is 1. The van der Waals surface area contributed by atoms with Crippen molar-refractivity contribution in [2.24, 2.45) is 5.41 Å². The van der Waals surface area contributed by atoms with E-state index in [4.69, 9.17) is 4.74 Å². The highest BCUT2D eigenvalue weighted by Crippen LogP contribution is 2.48. The Hall–Kier alpha value is 0.0500. The summed E-state index contributed by atoms with van der Waals surface area (Å²) in [7, 11) is 0. The summed E-state index contributed by atoms with van der Waals surface area (Å²) in [5.41, 5.74) is 4.13. The van der Waals surface area contributed by atoms with Gasteiger partial charge < -0.3 is 4.74 Å². The Morgan fingerprint density at radius 1 is 1.29 bits per heavy atom. The summed E-state index contributed by atoms with van der Waals surface area (Å²) in [6.45, 7) is 11.6. The van der Waals surface area contributed by atoms with Gasteiger partial charge in [-0.05, 0) is 51.9 Å². The largest absolute Gasteiger partial charge is 0.365 e. The van der Waals surface area contributed by atoms with Crippen molar-refractivity contribution < 1.29 is 4.74 Å². The molecule has 2 aliphatic rings. The maximum Gasteiger partial charge on any atom is 0.101 e. The van der Waals surface area contributed by atoms with Crippen molar-refractivity contribution in [3.63, 3.8) is 0 Å². The van der Waals surface area contributed by atoms with Gasteiger partial charge in [0.25, 0.3) is 0 Å². The first-order valence-corrected chi connectivity index (χ1v) is 7.85. The third-order valence-electron chi connectivity index (χ3n) is 4.19. The van der Waals surface area contributed by atoms with Crippen LogP contribution in [-0.2, 0) is 4.74 Å². The highest BCUT2D eigenvalue weighted by molar-refractivity contribution is 8.00. The molecule has 17 heavy (non-hydrogen) atoms. The standard InChI is InChI=1S/C15H26OS/c1-10-7-6-8-15(4,5)14(10)13-9-11(2)16-12(3)17-13/h11-13H,6-9H2,1-5H3. The Morgan fingerprint density at radius 2 is 2.00 bits per heavy atom. The summed E-state index contributed by atoms with van der Waals surface area (Å²) in [6.07, 6.45) is 5.61. The second-order valence-electron chi connectivity index (χ2n) is 6.31. The first-order valence-electron chi connectivity index (χ1n) is 6.91. The highest BCUT2D eigenvalue weighted by atomic mass is 32.2. The van der Waals surface area contributed by atoms with Crippen LogP contribution in [0.5, 0.6) is 0 Å². The van der Waals surface area contributed by atoms with E-state index in [-0.39, 0.29) is 0 Å². The van der Waals surface area contributed by atoms with Crippen LogP contribution >= 0.6 is 11.8 Å². The van der Waals surface area contributed by atoms with Crippen LogP contribution in [0, 0.1) is 5.41 Å². The molecule has 1 aliphatic heterocycles. The number of rotatable bonds is 1. The number of ether oxygens (including phenoxy) is 1. The fourth-order valence-electron chi connectivity index (χ4n) is 3.54. The summed E-state index contributed by atoms with van der Waals surface area (Å²) in [5, 5.41) is 0.684. The average molecular weight is 254 g/mol. The summed E-state index contributed by atoms with van der Waals surface area (Å²) in [5.74, 6) is 0. The lowest BCUT2D eigenvalue weighted by atomic mass is 9.71. The van der Waals surface area contributed by atoms with E-state index in [1.165, 1.54) is 25.7 Å². The molecule has 1 aliphatic carbocycles. The molecule has 2 rings (SSSR count). The van der Waals surface area contributed by atoms with E-state index in [2.05, 4.69) is 34.6 Å². The highest BCUT2D eigenvalue weighted by Gasteiger charge is 2.37. The molecule has 3 unspecified atom stereocenters. The molecule has 0 amide bonds. The molecule has 0 aromatic carbocycles. The van der Waals surface area contributed by atoms with Crippen molar-refractivity contribution in [2.75, 3.05) is 0 Å². The van der Waals surface area contributed by atoms with E-state index < -0.39 is 0 Å². The number of hydrogen-bond acceptors (Lipinski definition) is 2. The van der Waals surface area contributed by atoms with Gasteiger partial charge in [-0.15, -0.1) is 11.8 Å². The molecule has 1 heterocycles. The average Bonchev–Trinajstić information content (AvgIpc) is 2.13. The predicted molar refractivity (Wildman–Crippen MR) is 76.3 cm³/mol. The Labute approximate surface area is 110 Å². The zero-order valence-electron chi connectivity index (χ0n) is 11.9. The SMILES string of the molecule is CC1=C(C2CC(C)OC(C)S2)C(C)(C)CCC1. The maximum absolute atomic E-state index is 5.85. The topological polar surface area (TPSA) is 9.23 Å². The van der Waals surface area contributed by atoms with Crippen molar-refractivity contribution in [2.45, 2.75) is 77.1 Å². The van der Waals surface area contributed by atoms with Crippen LogP contribution in [0.25, 0.3) is 0 Å². The molecule has 1 nitrogen and oxygen atoms in total. The lowest BCUT2D eigenvalue weighted by Crippen LogP contribution is -2.35. The third kappa shape index (κ3) is 2.90. The minimum Gasteiger partial charge on any atom is -0.365 e. The van der Waals surface area contributed by atoms with Crippen LogP contribution in [0.1, 0.15) is 60.3 Å². The molecular weight excluding hydrogens is 228 g/mol. The van der Waals surface area contributed by atoms with Gasteiger partial charge in [-0.1, -0.05) is 25.0 Å². The van der Waals surface area contributed by atoms with Gasteiger partial charge in [0.1, 0.15) is 5.44 Å². The Bertz CT molecular complexity index is 309. The fraction of sp³-hybridized carbons (Fsp3) is 0.867. The molecule has 0 spiro atoms. The Kier molecular flexibility index (Phi) is 3.94. The molecule has 1 saturated heterocycles. The second kappa shape index (κ2) is 4.97. The van der Waals surface area contributed by atoms with Crippen LogP contribution in [0.15, 0.2) is 11.1 Å². The molecule has 2 heteroatoms. The quantitative estimate of drug-likeness (QED) is 0.623. The van der Waals surface area contributed by atoms with E-state index in [9.17, 15) is 0 Å². The molecule has 0 saturated carbocycles. The summed E-state index contributed by atoms with van der Waals surface area (Å²) >= 11 is 2.02. The van der Waals surface area contributed by atoms with E-state index in [1.807, 2.05) is 11.8 Å². The number of hydrogen-bond donors (Lipinski definition) is 0. The second-order valence-corrected chi connectivity index (χ2v) is 7.81.